The van der Waals surface area contributed by atoms with Crippen molar-refractivity contribution < 1.29 is 9.21 Å². The quantitative estimate of drug-likeness (QED) is 0.903. The van der Waals surface area contributed by atoms with Gasteiger partial charge in [0.25, 0.3) is 5.91 Å². The Balaban J connectivity index is 1.52. The predicted molar refractivity (Wildman–Crippen MR) is 84.0 cm³/mol. The van der Waals surface area contributed by atoms with Crippen LogP contribution in [0.4, 0.5) is 5.69 Å². The average molecular weight is 300 g/mol. The number of aromatic nitrogens is 1. The maximum absolute atomic E-state index is 12.5. The molecule has 6 heteroatoms. The first kappa shape index (κ1) is 13.6. The maximum Gasteiger partial charge on any atom is 0.270 e. The number of carbonyl (C=O) groups excluding carboxylic acids is 1. The fourth-order valence-electron chi connectivity index (χ4n) is 3.67. The van der Waals surface area contributed by atoms with Crippen molar-refractivity contribution in [3.8, 4) is 0 Å². The van der Waals surface area contributed by atoms with Gasteiger partial charge in [-0.25, -0.2) is 4.98 Å². The summed E-state index contributed by atoms with van der Waals surface area (Å²) in [6.45, 7) is 3.32. The summed E-state index contributed by atoms with van der Waals surface area (Å²) in [6, 6.07) is 2.02. The lowest BCUT2D eigenvalue weighted by Gasteiger charge is -2.30. The van der Waals surface area contributed by atoms with E-state index in [-0.39, 0.29) is 11.9 Å². The molecule has 2 aromatic heterocycles. The minimum atomic E-state index is -0.0994. The van der Waals surface area contributed by atoms with E-state index in [1.165, 1.54) is 19.5 Å². The molecular weight excluding hydrogens is 280 g/mol. The molecule has 6 nitrogen and oxygen atoms in total. The van der Waals surface area contributed by atoms with E-state index in [0.29, 0.717) is 11.3 Å². The smallest absolute Gasteiger partial charge is 0.270 e. The number of rotatable bonds is 3. The zero-order valence-electron chi connectivity index (χ0n) is 12.6. The topological polar surface area (TPSA) is 70.4 Å². The molecule has 2 aliphatic rings. The first-order valence-electron chi connectivity index (χ1n) is 7.81. The van der Waals surface area contributed by atoms with Crippen LogP contribution < -0.4 is 10.6 Å². The number of amides is 1. The number of nitrogens with one attached hydrogen (secondary N) is 2. The molecular formula is C16H20N4O2. The second-order valence-corrected chi connectivity index (χ2v) is 6.29. The molecule has 2 aromatic rings. The fourth-order valence-corrected chi connectivity index (χ4v) is 3.67. The number of furan rings is 1. The van der Waals surface area contributed by atoms with E-state index in [2.05, 4.69) is 20.5 Å². The monoisotopic (exact) mass is 300 g/mol. The summed E-state index contributed by atoms with van der Waals surface area (Å²) in [5, 5.41) is 7.08. The van der Waals surface area contributed by atoms with Crippen molar-refractivity contribution in [1.29, 1.82) is 0 Å². The molecule has 2 N–H and O–H groups in total. The molecule has 0 radical (unpaired) electrons. The number of fused-ring (bicyclic) bond motifs is 3. The first-order valence-corrected chi connectivity index (χ1v) is 7.81. The van der Waals surface area contributed by atoms with E-state index in [1.54, 1.807) is 18.5 Å². The molecule has 116 valence electrons. The van der Waals surface area contributed by atoms with Gasteiger partial charge in [0, 0.05) is 31.6 Å². The summed E-state index contributed by atoms with van der Waals surface area (Å²) in [7, 11) is 1.83. The number of carbonyl (C=O) groups is 1. The first-order chi connectivity index (χ1) is 10.7. The highest BCUT2D eigenvalue weighted by molar-refractivity contribution is 5.98. The highest BCUT2D eigenvalue weighted by Gasteiger charge is 2.33. The van der Waals surface area contributed by atoms with Gasteiger partial charge in [-0.1, -0.05) is 0 Å². The molecule has 3 unspecified atom stereocenters. The summed E-state index contributed by atoms with van der Waals surface area (Å²) < 4.78 is 5.40. The van der Waals surface area contributed by atoms with Crippen molar-refractivity contribution in [2.75, 3.05) is 32.0 Å². The van der Waals surface area contributed by atoms with Crippen LogP contribution in [0.5, 0.6) is 0 Å². The molecule has 0 aliphatic carbocycles. The standard InChI is InChI=1S/C16H20N4O2/c1-17-14-9-22-15-6-18-13(5-12(14)15)16(21)19-11-4-10-2-3-20(7-10)8-11/h5-6,9-11,17H,2-4,7-8H2,1H3,(H,19,21). The predicted octanol–water partition coefficient (Wildman–Crippen LogP) is 1.69. The summed E-state index contributed by atoms with van der Waals surface area (Å²) in [5.74, 6) is 0.636. The summed E-state index contributed by atoms with van der Waals surface area (Å²) in [6.07, 6.45) is 5.59. The van der Waals surface area contributed by atoms with E-state index in [0.717, 1.165) is 30.0 Å². The van der Waals surface area contributed by atoms with Crippen molar-refractivity contribution in [2.45, 2.75) is 18.9 Å². The van der Waals surface area contributed by atoms with Gasteiger partial charge in [-0.2, -0.15) is 0 Å². The summed E-state index contributed by atoms with van der Waals surface area (Å²) >= 11 is 0. The molecule has 2 aliphatic heterocycles. The van der Waals surface area contributed by atoms with Crippen LogP contribution in [0.1, 0.15) is 23.3 Å². The van der Waals surface area contributed by atoms with E-state index in [9.17, 15) is 4.79 Å². The Morgan fingerprint density at radius 3 is 3.18 bits per heavy atom. The summed E-state index contributed by atoms with van der Waals surface area (Å²) in [4.78, 5) is 19.1. The van der Waals surface area contributed by atoms with E-state index >= 15 is 0 Å². The van der Waals surface area contributed by atoms with Crippen molar-refractivity contribution in [1.82, 2.24) is 15.2 Å². The van der Waals surface area contributed by atoms with Crippen LogP contribution >= 0.6 is 0 Å². The highest BCUT2D eigenvalue weighted by atomic mass is 16.3. The number of hydrogen-bond acceptors (Lipinski definition) is 5. The molecule has 1 amide bonds. The molecule has 0 spiro atoms. The second kappa shape index (κ2) is 5.28. The van der Waals surface area contributed by atoms with Crippen LogP contribution in [0.15, 0.2) is 22.9 Å². The van der Waals surface area contributed by atoms with Crippen LogP contribution in [-0.2, 0) is 0 Å². The van der Waals surface area contributed by atoms with Gasteiger partial charge in [-0.3, -0.25) is 4.79 Å². The van der Waals surface area contributed by atoms with Gasteiger partial charge in [-0.15, -0.1) is 0 Å². The third kappa shape index (κ3) is 2.33. The zero-order chi connectivity index (χ0) is 15.1. The SMILES string of the molecule is CNc1coc2cnc(C(=O)NC3CC4CCN(C4)C3)cc12. The maximum atomic E-state index is 12.5. The Hall–Kier alpha value is -2.08. The summed E-state index contributed by atoms with van der Waals surface area (Å²) in [5.41, 5.74) is 1.99. The van der Waals surface area contributed by atoms with Crippen molar-refractivity contribution in [3.05, 3.63) is 24.2 Å². The van der Waals surface area contributed by atoms with E-state index in [4.69, 9.17) is 4.42 Å². The number of piperidine rings is 1. The van der Waals surface area contributed by atoms with Crippen molar-refractivity contribution >= 4 is 22.6 Å². The Morgan fingerprint density at radius 2 is 2.36 bits per heavy atom. The molecule has 4 heterocycles. The zero-order valence-corrected chi connectivity index (χ0v) is 12.6. The number of pyridine rings is 1. The normalized spacial score (nSPS) is 27.0. The molecule has 2 bridgehead atoms. The molecule has 2 saturated heterocycles. The van der Waals surface area contributed by atoms with Gasteiger partial charge >= 0.3 is 0 Å². The largest absolute Gasteiger partial charge is 0.460 e. The Labute approximate surface area is 128 Å². The molecule has 0 saturated carbocycles. The van der Waals surface area contributed by atoms with Crippen LogP contribution in [0.25, 0.3) is 11.0 Å². The molecule has 2 fully saturated rings. The van der Waals surface area contributed by atoms with Crippen molar-refractivity contribution in [2.24, 2.45) is 5.92 Å². The van der Waals surface area contributed by atoms with Gasteiger partial charge in [0.05, 0.1) is 11.9 Å². The van der Waals surface area contributed by atoms with Crippen LogP contribution in [0.3, 0.4) is 0 Å². The van der Waals surface area contributed by atoms with E-state index < -0.39 is 0 Å². The minimum absolute atomic E-state index is 0.0994. The Kier molecular flexibility index (Phi) is 3.26. The molecule has 4 rings (SSSR count). The van der Waals surface area contributed by atoms with Gasteiger partial charge in [0.2, 0.25) is 0 Å². The third-order valence-corrected chi connectivity index (χ3v) is 4.76. The Bertz CT molecular complexity index is 699. The number of nitrogens with zero attached hydrogens (tertiary/aromatic N) is 2. The Morgan fingerprint density at radius 1 is 1.45 bits per heavy atom. The molecule has 22 heavy (non-hydrogen) atoms. The lowest BCUT2D eigenvalue weighted by atomic mass is 9.97. The van der Waals surface area contributed by atoms with Gasteiger partial charge < -0.3 is 20.0 Å². The molecule has 3 atom stereocenters. The lowest BCUT2D eigenvalue weighted by Crippen LogP contribution is -2.47. The van der Waals surface area contributed by atoms with E-state index in [1.807, 2.05) is 7.05 Å². The van der Waals surface area contributed by atoms with Crippen LogP contribution in [0.2, 0.25) is 0 Å². The van der Waals surface area contributed by atoms with Gasteiger partial charge in [-0.05, 0) is 31.4 Å². The molecule has 0 aromatic carbocycles. The third-order valence-electron chi connectivity index (χ3n) is 4.76. The fraction of sp³-hybridized carbons (Fsp3) is 0.500. The average Bonchev–Trinajstić information content (AvgIpc) is 3.09. The highest BCUT2D eigenvalue weighted by Crippen LogP contribution is 2.27. The number of hydrogen-bond donors (Lipinski definition) is 2. The van der Waals surface area contributed by atoms with Gasteiger partial charge in [0.1, 0.15) is 12.0 Å². The van der Waals surface area contributed by atoms with Crippen molar-refractivity contribution in [3.63, 3.8) is 0 Å². The van der Waals surface area contributed by atoms with Gasteiger partial charge in [0.15, 0.2) is 5.58 Å². The van der Waals surface area contributed by atoms with Crippen LogP contribution in [-0.4, -0.2) is 48.5 Å². The number of anilines is 1. The second-order valence-electron chi connectivity index (χ2n) is 6.29. The minimum Gasteiger partial charge on any atom is -0.460 e. The lowest BCUT2D eigenvalue weighted by molar-refractivity contribution is 0.0904. The van der Waals surface area contributed by atoms with Crippen LogP contribution in [0, 0.1) is 5.92 Å².